The molecule has 0 bridgehead atoms. The highest BCUT2D eigenvalue weighted by atomic mass is 32.2. The fourth-order valence-corrected chi connectivity index (χ4v) is 6.10. The van der Waals surface area contributed by atoms with Gasteiger partial charge in [-0.1, -0.05) is 18.2 Å². The van der Waals surface area contributed by atoms with E-state index in [9.17, 15) is 33.3 Å². The van der Waals surface area contributed by atoms with Crippen molar-refractivity contribution in [3.05, 3.63) is 59.7 Å². The molecule has 1 saturated heterocycles. The first-order valence-corrected chi connectivity index (χ1v) is 13.3. The molecule has 39 heavy (non-hydrogen) atoms. The number of benzene rings is 2. The van der Waals surface area contributed by atoms with Gasteiger partial charge in [0.15, 0.2) is 6.73 Å². The van der Waals surface area contributed by atoms with Gasteiger partial charge in [0.1, 0.15) is 23.8 Å². The Bertz CT molecular complexity index is 1520. The Morgan fingerprint density at radius 2 is 1.77 bits per heavy atom. The second-order valence-corrected chi connectivity index (χ2v) is 10.5. The van der Waals surface area contributed by atoms with Crippen molar-refractivity contribution in [1.82, 2.24) is 4.31 Å². The number of amides is 2. The van der Waals surface area contributed by atoms with E-state index in [-0.39, 0.29) is 29.0 Å². The van der Waals surface area contributed by atoms with Crippen LogP contribution in [0.1, 0.15) is 24.8 Å². The lowest BCUT2D eigenvalue weighted by Crippen LogP contribution is -2.49. The fraction of sp³-hybridized carbons (Fsp3) is 0.269. The number of para-hydroxylation sites is 1. The maximum atomic E-state index is 13.4. The summed E-state index contributed by atoms with van der Waals surface area (Å²) < 4.78 is 37.9. The van der Waals surface area contributed by atoms with Crippen molar-refractivity contribution in [3.8, 4) is 12.1 Å². The Kier molecular flexibility index (Phi) is 7.95. The van der Waals surface area contributed by atoms with Gasteiger partial charge in [-0.3, -0.25) is 19.8 Å². The molecule has 2 aromatic carbocycles. The molecule has 2 amide bonds. The number of rotatable bonds is 6. The van der Waals surface area contributed by atoms with Gasteiger partial charge in [-0.05, 0) is 49.6 Å². The summed E-state index contributed by atoms with van der Waals surface area (Å²) in [5, 5.41) is 21.0. The van der Waals surface area contributed by atoms with Crippen LogP contribution in [-0.4, -0.2) is 57.1 Å². The topological polar surface area (TPSA) is 170 Å². The monoisotopic (exact) mass is 549 g/mol. The summed E-state index contributed by atoms with van der Waals surface area (Å²) in [5.74, 6) is -1.50. The third-order valence-corrected chi connectivity index (χ3v) is 8.27. The van der Waals surface area contributed by atoms with Crippen molar-refractivity contribution in [2.75, 3.05) is 30.6 Å². The Labute approximate surface area is 224 Å². The quantitative estimate of drug-likeness (QED) is 0.323. The molecule has 2 aliphatic rings. The van der Waals surface area contributed by atoms with E-state index in [1.807, 2.05) is 0 Å². The number of hydrogen-bond donors (Lipinski definition) is 1. The van der Waals surface area contributed by atoms with Crippen molar-refractivity contribution in [2.24, 2.45) is 0 Å². The highest BCUT2D eigenvalue weighted by Gasteiger charge is 2.40. The molecule has 1 unspecified atom stereocenters. The number of fused-ring (bicyclic) bond motifs is 1. The smallest absolute Gasteiger partial charge is 0.411 e. The standard InChI is InChI=1S/C26H23N5O7S/c1-37-26(34)29-18-9-11-19(12-10-18)39(35,36)31-13-5-4-8-22(31)25(33)38-16-30-21-7-3-2-6-20(21)23(24(30)32)17(14-27)15-28/h2-3,6-7,9-12,22H,4-5,8,13,16H2,1H3,(H,29,34). The molecule has 0 radical (unpaired) electrons. The largest absolute Gasteiger partial charge is 0.453 e. The molecule has 0 aliphatic carbocycles. The zero-order valence-electron chi connectivity index (χ0n) is 20.8. The third-order valence-electron chi connectivity index (χ3n) is 6.35. The number of methoxy groups -OCH3 is 1. The van der Waals surface area contributed by atoms with E-state index in [1.54, 1.807) is 36.4 Å². The van der Waals surface area contributed by atoms with Gasteiger partial charge in [-0.15, -0.1) is 0 Å². The zero-order chi connectivity index (χ0) is 28.2. The number of sulfonamides is 1. The Hall–Kier alpha value is -4.72. The fourth-order valence-electron chi connectivity index (χ4n) is 4.45. The molecule has 4 rings (SSSR count). The summed E-state index contributed by atoms with van der Waals surface area (Å²) in [6, 6.07) is 14.2. The minimum absolute atomic E-state index is 0.0726. The average Bonchev–Trinajstić information content (AvgIpc) is 3.23. The van der Waals surface area contributed by atoms with E-state index >= 15 is 0 Å². The Morgan fingerprint density at radius 1 is 1.08 bits per heavy atom. The van der Waals surface area contributed by atoms with Crippen molar-refractivity contribution in [1.29, 1.82) is 10.5 Å². The van der Waals surface area contributed by atoms with Crippen molar-refractivity contribution in [2.45, 2.75) is 30.2 Å². The molecule has 0 saturated carbocycles. The minimum Gasteiger partial charge on any atom is -0.453 e. The molecule has 2 aromatic rings. The maximum absolute atomic E-state index is 13.4. The van der Waals surface area contributed by atoms with Gasteiger partial charge in [0, 0.05) is 17.8 Å². The minimum atomic E-state index is -4.10. The summed E-state index contributed by atoms with van der Waals surface area (Å²) in [6.45, 7) is -0.434. The number of allylic oxidation sites excluding steroid dienone is 1. The maximum Gasteiger partial charge on any atom is 0.411 e. The van der Waals surface area contributed by atoms with Crippen LogP contribution in [0.5, 0.6) is 0 Å². The van der Waals surface area contributed by atoms with E-state index in [1.165, 1.54) is 31.4 Å². The lowest BCUT2D eigenvalue weighted by molar-refractivity contribution is -0.149. The predicted molar refractivity (Wildman–Crippen MR) is 137 cm³/mol. The number of anilines is 2. The van der Waals surface area contributed by atoms with Crippen molar-refractivity contribution < 1.29 is 32.3 Å². The first kappa shape index (κ1) is 27.3. The van der Waals surface area contributed by atoms with E-state index in [0.29, 0.717) is 29.8 Å². The molecule has 12 nitrogen and oxygen atoms in total. The molecule has 1 atom stereocenters. The molecule has 13 heteroatoms. The highest BCUT2D eigenvalue weighted by molar-refractivity contribution is 7.89. The van der Waals surface area contributed by atoms with Gasteiger partial charge in [-0.25, -0.2) is 13.2 Å². The molecular weight excluding hydrogens is 526 g/mol. The summed E-state index contributed by atoms with van der Waals surface area (Å²) in [5.41, 5.74) is 0.610. The number of ether oxygens (including phenoxy) is 2. The number of piperidine rings is 1. The van der Waals surface area contributed by atoms with Crippen LogP contribution < -0.4 is 10.2 Å². The molecule has 1 N–H and O–H groups in total. The van der Waals surface area contributed by atoms with Gasteiger partial charge >= 0.3 is 12.1 Å². The molecule has 200 valence electrons. The molecule has 2 aliphatic heterocycles. The first-order valence-electron chi connectivity index (χ1n) is 11.8. The summed E-state index contributed by atoms with van der Waals surface area (Å²) in [6.07, 6.45) is 0.660. The average molecular weight is 550 g/mol. The molecule has 2 heterocycles. The Balaban J connectivity index is 1.53. The van der Waals surface area contributed by atoms with Gasteiger partial charge in [-0.2, -0.15) is 14.8 Å². The number of nitrogens with one attached hydrogen (secondary N) is 1. The van der Waals surface area contributed by atoms with Crippen LogP contribution in [0.3, 0.4) is 0 Å². The predicted octanol–water partition coefficient (Wildman–Crippen LogP) is 2.76. The summed E-state index contributed by atoms with van der Waals surface area (Å²) in [7, 11) is -2.90. The summed E-state index contributed by atoms with van der Waals surface area (Å²) in [4.78, 5) is 38.7. The van der Waals surface area contributed by atoms with E-state index in [4.69, 9.17) is 4.74 Å². The molecule has 0 aromatic heterocycles. The van der Waals surface area contributed by atoms with Gasteiger partial charge < -0.3 is 9.47 Å². The molecule has 0 spiro atoms. The second-order valence-electron chi connectivity index (χ2n) is 8.58. The lowest BCUT2D eigenvalue weighted by Gasteiger charge is -2.33. The van der Waals surface area contributed by atoms with Gasteiger partial charge in [0.2, 0.25) is 10.0 Å². The number of nitriles is 2. The second kappa shape index (κ2) is 11.3. The molecular formula is C26H23N5O7S. The van der Waals surface area contributed by atoms with E-state index in [0.717, 1.165) is 9.21 Å². The SMILES string of the molecule is COC(=O)Nc1ccc(S(=O)(=O)N2CCCCC2C(=O)OCN2C(=O)C(=C(C#N)C#N)c3ccccc32)cc1. The van der Waals surface area contributed by atoms with E-state index in [2.05, 4.69) is 10.1 Å². The van der Waals surface area contributed by atoms with Crippen LogP contribution in [-0.2, 0) is 29.1 Å². The number of nitrogens with zero attached hydrogens (tertiary/aromatic N) is 4. The number of hydrogen-bond acceptors (Lipinski definition) is 9. The Morgan fingerprint density at radius 3 is 2.44 bits per heavy atom. The van der Waals surface area contributed by atoms with E-state index < -0.39 is 40.8 Å². The van der Waals surface area contributed by atoms with Crippen LogP contribution in [0.2, 0.25) is 0 Å². The van der Waals surface area contributed by atoms with Gasteiger partial charge in [0.25, 0.3) is 5.91 Å². The number of esters is 1. The van der Waals surface area contributed by atoms with Gasteiger partial charge in [0.05, 0.1) is 23.3 Å². The lowest BCUT2D eigenvalue weighted by atomic mass is 10.0. The first-order chi connectivity index (χ1) is 18.7. The third kappa shape index (κ3) is 5.31. The van der Waals surface area contributed by atoms with Crippen LogP contribution >= 0.6 is 0 Å². The zero-order valence-corrected chi connectivity index (χ0v) is 21.6. The molecule has 1 fully saturated rings. The highest BCUT2D eigenvalue weighted by Crippen LogP contribution is 2.38. The number of carbonyl (C=O) groups is 3. The van der Waals surface area contributed by atoms with Crippen LogP contribution in [0.25, 0.3) is 5.57 Å². The van der Waals surface area contributed by atoms with Crippen molar-refractivity contribution in [3.63, 3.8) is 0 Å². The van der Waals surface area contributed by atoms with Crippen LogP contribution in [0, 0.1) is 22.7 Å². The van der Waals surface area contributed by atoms with Crippen LogP contribution in [0.4, 0.5) is 16.2 Å². The van der Waals surface area contributed by atoms with Crippen molar-refractivity contribution >= 4 is 44.9 Å². The normalized spacial score (nSPS) is 17.0. The van der Waals surface area contributed by atoms with Crippen LogP contribution in [0.15, 0.2) is 59.0 Å². The summed E-state index contributed by atoms with van der Waals surface area (Å²) >= 11 is 0. The number of carbonyl (C=O) groups excluding carboxylic acids is 3.